The van der Waals surface area contributed by atoms with E-state index >= 15 is 0 Å². The lowest BCUT2D eigenvalue weighted by atomic mass is 9.93. The van der Waals surface area contributed by atoms with E-state index in [-0.39, 0.29) is 0 Å². The van der Waals surface area contributed by atoms with Gasteiger partial charge >= 0.3 is 0 Å². The molecule has 9 aromatic carbocycles. The average Bonchev–Trinajstić information content (AvgIpc) is 3.86. The molecule has 0 bridgehead atoms. The minimum atomic E-state index is 1.05. The Labute approximate surface area is 326 Å². The van der Waals surface area contributed by atoms with Gasteiger partial charge in [0.2, 0.25) is 0 Å². The molecule has 0 saturated heterocycles. The van der Waals surface area contributed by atoms with E-state index in [0.717, 1.165) is 33.1 Å². The maximum atomic E-state index is 5.09. The zero-order chi connectivity index (χ0) is 36.3. The van der Waals surface area contributed by atoms with Crippen molar-refractivity contribution in [1.82, 2.24) is 4.98 Å². The van der Waals surface area contributed by atoms with E-state index in [1.807, 2.05) is 11.3 Å². The van der Waals surface area contributed by atoms with Gasteiger partial charge in [0.25, 0.3) is 0 Å². The first-order chi connectivity index (χ1) is 27.2. The van der Waals surface area contributed by atoms with E-state index in [2.05, 4.69) is 199 Å². The van der Waals surface area contributed by atoms with Crippen LogP contribution in [0.3, 0.4) is 0 Å². The minimum absolute atomic E-state index is 1.05. The van der Waals surface area contributed by atoms with Gasteiger partial charge in [0, 0.05) is 42.8 Å². The molecular formula is C51H32N2S2. The lowest BCUT2D eigenvalue weighted by Gasteiger charge is -2.26. The second-order valence-electron chi connectivity index (χ2n) is 13.9. The number of hydrogen-bond acceptors (Lipinski definition) is 4. The Kier molecular flexibility index (Phi) is 7.58. The van der Waals surface area contributed by atoms with Crippen LogP contribution in [0, 0.1) is 0 Å². The first-order valence-corrected chi connectivity index (χ1v) is 20.2. The fraction of sp³-hybridized carbons (Fsp3) is 0. The van der Waals surface area contributed by atoms with Crippen LogP contribution in [0.5, 0.6) is 0 Å². The van der Waals surface area contributed by atoms with Crippen LogP contribution in [-0.2, 0) is 0 Å². The molecule has 0 unspecified atom stereocenters. The van der Waals surface area contributed by atoms with E-state index in [1.54, 1.807) is 11.3 Å². The van der Waals surface area contributed by atoms with E-state index < -0.39 is 0 Å². The molecule has 0 spiro atoms. The lowest BCUT2D eigenvalue weighted by molar-refractivity contribution is 1.29. The summed E-state index contributed by atoms with van der Waals surface area (Å²) in [6, 6.07) is 70.4. The Morgan fingerprint density at radius 2 is 1.04 bits per heavy atom. The van der Waals surface area contributed by atoms with Gasteiger partial charge in [-0.15, -0.1) is 22.7 Å². The van der Waals surface area contributed by atoms with E-state index in [4.69, 9.17) is 4.98 Å². The molecule has 0 aliphatic rings. The molecule has 11 aromatic rings. The Morgan fingerprint density at radius 1 is 0.382 bits per heavy atom. The Morgan fingerprint density at radius 3 is 1.85 bits per heavy atom. The van der Waals surface area contributed by atoms with Gasteiger partial charge in [-0.1, -0.05) is 133 Å². The Bertz CT molecular complexity index is 3200. The van der Waals surface area contributed by atoms with Gasteiger partial charge in [-0.25, -0.2) is 4.98 Å². The van der Waals surface area contributed by atoms with Gasteiger partial charge in [0.15, 0.2) is 0 Å². The minimum Gasteiger partial charge on any atom is -0.310 e. The van der Waals surface area contributed by atoms with Crippen molar-refractivity contribution in [3.8, 4) is 32.8 Å². The normalized spacial score (nSPS) is 11.6. The smallest absolute Gasteiger partial charge is 0.124 e. The molecule has 258 valence electrons. The summed E-state index contributed by atoms with van der Waals surface area (Å²) in [6.07, 6.45) is 0. The third kappa shape index (κ3) is 5.49. The highest BCUT2D eigenvalue weighted by molar-refractivity contribution is 7.28. The third-order valence-corrected chi connectivity index (χ3v) is 12.9. The summed E-state index contributed by atoms with van der Waals surface area (Å²) in [5.41, 5.74) is 10.4. The Hall–Kier alpha value is -6.59. The number of thiazole rings is 1. The highest BCUT2D eigenvalue weighted by atomic mass is 32.1. The summed E-state index contributed by atoms with van der Waals surface area (Å²) < 4.78 is 3.80. The van der Waals surface area contributed by atoms with Crippen LogP contribution in [0.1, 0.15) is 0 Å². The molecule has 11 rings (SSSR count). The van der Waals surface area contributed by atoms with Gasteiger partial charge in [-0.3, -0.25) is 0 Å². The van der Waals surface area contributed by atoms with Crippen molar-refractivity contribution in [2.24, 2.45) is 0 Å². The number of fused-ring (bicyclic) bond motifs is 8. The number of aromatic nitrogens is 1. The molecule has 4 heteroatoms. The van der Waals surface area contributed by atoms with Gasteiger partial charge in [0.05, 0.1) is 10.2 Å². The summed E-state index contributed by atoms with van der Waals surface area (Å²) in [7, 11) is 0. The summed E-state index contributed by atoms with van der Waals surface area (Å²) in [4.78, 5) is 7.49. The lowest BCUT2D eigenvalue weighted by Crippen LogP contribution is -2.10. The van der Waals surface area contributed by atoms with Crippen LogP contribution in [0.2, 0.25) is 0 Å². The summed E-state index contributed by atoms with van der Waals surface area (Å²) in [6.45, 7) is 0. The monoisotopic (exact) mass is 736 g/mol. The molecule has 0 fully saturated rings. The predicted molar refractivity (Wildman–Crippen MR) is 239 cm³/mol. The van der Waals surface area contributed by atoms with Gasteiger partial charge < -0.3 is 4.90 Å². The van der Waals surface area contributed by atoms with Crippen molar-refractivity contribution < 1.29 is 0 Å². The largest absolute Gasteiger partial charge is 0.310 e. The molecule has 2 aromatic heterocycles. The van der Waals surface area contributed by atoms with Crippen molar-refractivity contribution in [3.63, 3.8) is 0 Å². The molecule has 0 atom stereocenters. The number of anilines is 3. The second-order valence-corrected chi connectivity index (χ2v) is 16.0. The maximum absolute atomic E-state index is 5.09. The number of hydrogen-bond donors (Lipinski definition) is 0. The molecule has 2 nitrogen and oxygen atoms in total. The highest BCUT2D eigenvalue weighted by Gasteiger charge is 2.19. The molecule has 0 aliphatic carbocycles. The van der Waals surface area contributed by atoms with Crippen LogP contribution in [-0.4, -0.2) is 4.98 Å². The quantitative estimate of drug-likeness (QED) is 0.158. The van der Waals surface area contributed by atoms with Gasteiger partial charge in [-0.05, 0) is 104 Å². The molecule has 0 N–H and O–H groups in total. The van der Waals surface area contributed by atoms with E-state index in [0.29, 0.717) is 0 Å². The van der Waals surface area contributed by atoms with Crippen LogP contribution in [0.25, 0.3) is 84.8 Å². The highest BCUT2D eigenvalue weighted by Crippen LogP contribution is 2.46. The van der Waals surface area contributed by atoms with Crippen LogP contribution < -0.4 is 4.90 Å². The fourth-order valence-corrected chi connectivity index (χ4v) is 10.4. The van der Waals surface area contributed by atoms with Crippen molar-refractivity contribution in [2.45, 2.75) is 0 Å². The number of nitrogens with zero attached hydrogens (tertiary/aromatic N) is 2. The summed E-state index contributed by atoms with van der Waals surface area (Å²) in [5, 5.41) is 8.68. The van der Waals surface area contributed by atoms with Crippen molar-refractivity contribution in [2.75, 3.05) is 4.90 Å². The fourth-order valence-electron chi connectivity index (χ4n) is 8.06. The van der Waals surface area contributed by atoms with Crippen molar-refractivity contribution >= 4 is 91.7 Å². The molecule has 0 radical (unpaired) electrons. The van der Waals surface area contributed by atoms with E-state index in [1.165, 1.54) is 68.7 Å². The molecule has 0 aliphatic heterocycles. The zero-order valence-corrected chi connectivity index (χ0v) is 31.3. The first kappa shape index (κ1) is 31.9. The van der Waals surface area contributed by atoms with Crippen LogP contribution in [0.4, 0.5) is 17.1 Å². The molecular weight excluding hydrogens is 705 g/mol. The third-order valence-electron chi connectivity index (χ3n) is 10.7. The number of benzene rings is 9. The number of thiophene rings is 1. The SMILES string of the molecule is c1ccc(-c2cccc(N(c3ccc(-c4cc5ccccc5c5ccccc45)cc3)c3ccc4sc5ccc6nc(-c7ccccc7)sc6c5c4c3)c2)cc1. The molecule has 0 saturated carbocycles. The number of rotatable bonds is 6. The molecule has 0 amide bonds. The van der Waals surface area contributed by atoms with E-state index in [9.17, 15) is 0 Å². The summed E-state index contributed by atoms with van der Waals surface area (Å²) in [5.74, 6) is 0. The molecule has 55 heavy (non-hydrogen) atoms. The zero-order valence-electron chi connectivity index (χ0n) is 29.7. The average molecular weight is 737 g/mol. The second kappa shape index (κ2) is 13.1. The standard InChI is InChI=1S/C51H32N2S2/c1-3-12-33(13-4-1)36-17-11-18-39(30-36)53(38-24-22-34(23-25-38)44-31-37-16-7-8-19-41(37)42-20-9-10-21-43(42)44)40-26-28-47-45(32-40)49-48(54-47)29-27-46-50(49)55-51(52-46)35-14-5-2-6-15-35/h1-32H. The molecule has 2 heterocycles. The van der Waals surface area contributed by atoms with Crippen LogP contribution in [0.15, 0.2) is 194 Å². The maximum Gasteiger partial charge on any atom is 0.124 e. The summed E-state index contributed by atoms with van der Waals surface area (Å²) >= 11 is 3.64. The van der Waals surface area contributed by atoms with Crippen molar-refractivity contribution in [1.29, 1.82) is 0 Å². The first-order valence-electron chi connectivity index (χ1n) is 18.5. The van der Waals surface area contributed by atoms with Crippen LogP contribution >= 0.6 is 22.7 Å². The topological polar surface area (TPSA) is 16.1 Å². The predicted octanol–water partition coefficient (Wildman–Crippen LogP) is 15.4. The van der Waals surface area contributed by atoms with Gasteiger partial charge in [-0.2, -0.15) is 0 Å². The Balaban J connectivity index is 1.09. The van der Waals surface area contributed by atoms with Gasteiger partial charge in [0.1, 0.15) is 5.01 Å². The van der Waals surface area contributed by atoms with Crippen molar-refractivity contribution in [3.05, 3.63) is 194 Å².